The second kappa shape index (κ2) is 10.5. The highest BCUT2D eigenvalue weighted by Crippen LogP contribution is 2.30. The molecule has 1 fully saturated rings. The van der Waals surface area contributed by atoms with Crippen LogP contribution in [0, 0.1) is 13.8 Å². The Balaban J connectivity index is 1.36. The molecule has 5 rings (SSSR count). The molecule has 2 aromatic carbocycles. The molecule has 0 radical (unpaired) electrons. The molecule has 178 valence electrons. The maximum atomic E-state index is 13.1. The van der Waals surface area contributed by atoms with Crippen molar-refractivity contribution in [3.63, 3.8) is 0 Å². The summed E-state index contributed by atoms with van der Waals surface area (Å²) in [5.74, 6) is 0.323. The Morgan fingerprint density at radius 2 is 1.69 bits per heavy atom. The summed E-state index contributed by atoms with van der Waals surface area (Å²) in [5, 5.41) is 9.35. The molecule has 1 atom stereocenters. The van der Waals surface area contributed by atoms with Gasteiger partial charge in [0.15, 0.2) is 5.78 Å². The second-order valence-electron chi connectivity index (χ2n) is 8.77. The van der Waals surface area contributed by atoms with Gasteiger partial charge in [-0.3, -0.25) is 4.79 Å². The van der Waals surface area contributed by atoms with E-state index in [4.69, 9.17) is 9.72 Å². The number of carbonyl (C=O) groups is 1. The highest BCUT2D eigenvalue weighted by Gasteiger charge is 2.22. The van der Waals surface area contributed by atoms with E-state index in [1.165, 1.54) is 11.8 Å². The fourth-order valence-corrected chi connectivity index (χ4v) is 5.19. The maximum absolute atomic E-state index is 13.1. The lowest BCUT2D eigenvalue weighted by Crippen LogP contribution is -2.17. The summed E-state index contributed by atoms with van der Waals surface area (Å²) < 4.78 is 8.00. The van der Waals surface area contributed by atoms with Crippen molar-refractivity contribution in [1.29, 1.82) is 0 Å². The van der Waals surface area contributed by atoms with Crippen molar-refractivity contribution in [3.05, 3.63) is 83.7 Å². The van der Waals surface area contributed by atoms with Crippen LogP contribution in [0.3, 0.4) is 0 Å². The van der Waals surface area contributed by atoms with Gasteiger partial charge in [-0.15, -0.1) is 10.2 Å². The van der Waals surface area contributed by atoms with Crippen molar-refractivity contribution in [2.45, 2.75) is 44.5 Å². The molecule has 4 aromatic rings. The zero-order valence-corrected chi connectivity index (χ0v) is 20.8. The fraction of sp³-hybridized carbons (Fsp3) is 0.286. The van der Waals surface area contributed by atoms with Crippen molar-refractivity contribution >= 4 is 17.5 Å². The highest BCUT2D eigenvalue weighted by atomic mass is 32.2. The van der Waals surface area contributed by atoms with Gasteiger partial charge < -0.3 is 9.30 Å². The molecule has 0 aliphatic carbocycles. The van der Waals surface area contributed by atoms with E-state index in [-0.39, 0.29) is 17.6 Å². The molecule has 1 unspecified atom stereocenters. The average Bonchev–Trinajstić information content (AvgIpc) is 3.52. The largest absolute Gasteiger partial charge is 0.376 e. The first-order valence-corrected chi connectivity index (χ1v) is 12.9. The summed E-state index contributed by atoms with van der Waals surface area (Å²) in [7, 11) is 0. The summed E-state index contributed by atoms with van der Waals surface area (Å²) in [5.41, 5.74) is 6.24. The summed E-state index contributed by atoms with van der Waals surface area (Å²) >= 11 is 1.32. The number of carbonyl (C=O) groups excluding carboxylic acids is 1. The minimum atomic E-state index is 0.0682. The quantitative estimate of drug-likeness (QED) is 0.233. The van der Waals surface area contributed by atoms with Crippen LogP contribution in [0.1, 0.15) is 34.6 Å². The van der Waals surface area contributed by atoms with E-state index in [0.717, 1.165) is 65.5 Å². The fourth-order valence-electron chi connectivity index (χ4n) is 4.52. The number of ether oxygens (including phenoxy) is 1. The van der Waals surface area contributed by atoms with Crippen LogP contribution in [0.4, 0.5) is 0 Å². The van der Waals surface area contributed by atoms with Gasteiger partial charge in [0.2, 0.25) is 5.16 Å². The van der Waals surface area contributed by atoms with Gasteiger partial charge >= 0.3 is 0 Å². The van der Waals surface area contributed by atoms with Crippen LogP contribution < -0.4 is 0 Å². The molecule has 1 aliphatic heterocycles. The van der Waals surface area contributed by atoms with Gasteiger partial charge in [0.1, 0.15) is 11.4 Å². The van der Waals surface area contributed by atoms with Crippen molar-refractivity contribution in [2.75, 3.05) is 12.4 Å². The number of hydrogen-bond acceptors (Lipinski definition) is 6. The first-order chi connectivity index (χ1) is 17.1. The van der Waals surface area contributed by atoms with Gasteiger partial charge in [0, 0.05) is 41.2 Å². The number of nitrogens with zero attached hydrogens (tertiary/aromatic N) is 4. The molecule has 2 aromatic heterocycles. The smallest absolute Gasteiger partial charge is 0.210 e. The Kier molecular flexibility index (Phi) is 7.06. The first-order valence-electron chi connectivity index (χ1n) is 11.9. The number of hydrogen-bond donors (Lipinski definition) is 0. The molecule has 35 heavy (non-hydrogen) atoms. The SMILES string of the molecule is Cc1cc(C(=O)CSc2nnc(-c3ccccc3)c(-c3ccccc3)n2)c(C)n1CC1CCCO1. The molecule has 6 nitrogen and oxygen atoms in total. The standard InChI is InChI=1S/C28H28N4O2S/c1-19-16-24(20(2)32(19)17-23-14-9-15-34-23)25(33)18-35-28-29-26(21-10-5-3-6-11-21)27(30-31-28)22-12-7-4-8-13-22/h3-8,10-13,16,23H,9,14-15,17-18H2,1-2H3. The second-order valence-corrected chi connectivity index (χ2v) is 9.71. The number of Topliss-reactive ketones (excluding diaryl/α,β-unsaturated/α-hetero) is 1. The van der Waals surface area contributed by atoms with Crippen LogP contribution in [0.25, 0.3) is 22.5 Å². The van der Waals surface area contributed by atoms with E-state index in [0.29, 0.717) is 5.16 Å². The monoisotopic (exact) mass is 484 g/mol. The van der Waals surface area contributed by atoms with Crippen LogP contribution in [0.15, 0.2) is 71.9 Å². The van der Waals surface area contributed by atoms with E-state index in [9.17, 15) is 4.79 Å². The van der Waals surface area contributed by atoms with Crippen molar-refractivity contribution in [1.82, 2.24) is 19.7 Å². The third-order valence-electron chi connectivity index (χ3n) is 6.38. The molecule has 1 saturated heterocycles. The summed E-state index contributed by atoms with van der Waals surface area (Å²) in [6, 6.07) is 21.9. The van der Waals surface area contributed by atoms with Gasteiger partial charge in [0.25, 0.3) is 0 Å². The topological polar surface area (TPSA) is 69.9 Å². The Labute approximate surface area is 209 Å². The van der Waals surface area contributed by atoms with E-state index in [1.54, 1.807) is 0 Å². The van der Waals surface area contributed by atoms with Crippen molar-refractivity contribution in [2.24, 2.45) is 0 Å². The Morgan fingerprint density at radius 3 is 2.34 bits per heavy atom. The average molecular weight is 485 g/mol. The van der Waals surface area contributed by atoms with Crippen LogP contribution >= 0.6 is 11.8 Å². The van der Waals surface area contributed by atoms with Gasteiger partial charge in [-0.05, 0) is 32.8 Å². The van der Waals surface area contributed by atoms with Gasteiger partial charge in [-0.1, -0.05) is 72.4 Å². The summed E-state index contributed by atoms with van der Waals surface area (Å²) in [6.07, 6.45) is 2.41. The third kappa shape index (κ3) is 5.21. The molecule has 0 saturated carbocycles. The van der Waals surface area contributed by atoms with Crippen LogP contribution in [-0.4, -0.2) is 44.0 Å². The molecule has 0 bridgehead atoms. The minimum absolute atomic E-state index is 0.0682. The van der Waals surface area contributed by atoms with E-state index in [1.807, 2.05) is 80.6 Å². The summed E-state index contributed by atoms with van der Waals surface area (Å²) in [4.78, 5) is 18.0. The minimum Gasteiger partial charge on any atom is -0.376 e. The van der Waals surface area contributed by atoms with Crippen LogP contribution in [0.5, 0.6) is 0 Å². The molecular weight excluding hydrogens is 456 g/mol. The Morgan fingerprint density at radius 1 is 1.00 bits per heavy atom. The lowest BCUT2D eigenvalue weighted by molar-refractivity contribution is 0.0957. The lowest BCUT2D eigenvalue weighted by atomic mass is 10.0. The highest BCUT2D eigenvalue weighted by molar-refractivity contribution is 7.99. The normalized spacial score (nSPS) is 15.4. The molecule has 0 amide bonds. The molecule has 3 heterocycles. The number of aryl methyl sites for hydroxylation is 1. The van der Waals surface area contributed by atoms with Gasteiger partial charge in [-0.2, -0.15) is 0 Å². The Bertz CT molecular complexity index is 1320. The van der Waals surface area contributed by atoms with Gasteiger partial charge in [0.05, 0.1) is 11.9 Å². The predicted octanol–water partition coefficient (Wildman–Crippen LogP) is 5.78. The first kappa shape index (κ1) is 23.5. The number of thioether (sulfide) groups is 1. The molecule has 0 N–H and O–H groups in total. The third-order valence-corrected chi connectivity index (χ3v) is 7.22. The lowest BCUT2D eigenvalue weighted by Gasteiger charge is -2.14. The molecule has 1 aliphatic rings. The molecular formula is C28H28N4O2S. The maximum Gasteiger partial charge on any atom is 0.210 e. The number of aromatic nitrogens is 4. The van der Waals surface area contributed by atoms with Crippen LogP contribution in [0.2, 0.25) is 0 Å². The molecule has 7 heteroatoms. The Hall–Kier alpha value is -3.29. The zero-order chi connectivity index (χ0) is 24.2. The predicted molar refractivity (Wildman–Crippen MR) is 139 cm³/mol. The van der Waals surface area contributed by atoms with E-state index in [2.05, 4.69) is 14.8 Å². The number of benzene rings is 2. The van der Waals surface area contributed by atoms with Crippen molar-refractivity contribution in [3.8, 4) is 22.5 Å². The number of ketones is 1. The van der Waals surface area contributed by atoms with E-state index < -0.39 is 0 Å². The number of rotatable bonds is 8. The zero-order valence-electron chi connectivity index (χ0n) is 20.0. The van der Waals surface area contributed by atoms with Crippen LogP contribution in [-0.2, 0) is 11.3 Å². The van der Waals surface area contributed by atoms with E-state index >= 15 is 0 Å². The molecule has 0 spiro atoms. The van der Waals surface area contributed by atoms with Gasteiger partial charge in [-0.25, -0.2) is 4.98 Å². The summed E-state index contributed by atoms with van der Waals surface area (Å²) in [6.45, 7) is 5.69. The van der Waals surface area contributed by atoms with Crippen molar-refractivity contribution < 1.29 is 9.53 Å².